The number of hydrogen-bond donors (Lipinski definition) is 1. The van der Waals surface area contributed by atoms with Crippen molar-refractivity contribution in [2.24, 2.45) is 0 Å². The summed E-state index contributed by atoms with van der Waals surface area (Å²) in [6, 6.07) is 8.48. The lowest BCUT2D eigenvalue weighted by Crippen LogP contribution is -2.27. The molecule has 0 bridgehead atoms. The molecule has 0 spiro atoms. The standard InChI is InChI=1S/C22H19F3N6O2S/c23-17-15(12-6-8-26-9-7-12)2-1-3-16(17)20-30-31(22(34)33-20)11-14-5-4-13(10-27-14)19-28-29-21(32-19)18(24)25/h1-5,10,12,18,26H,6-9,11H2. The van der Waals surface area contributed by atoms with Crippen LogP contribution in [0.15, 0.2) is 45.4 Å². The third-order valence-electron chi connectivity index (χ3n) is 5.66. The van der Waals surface area contributed by atoms with Crippen molar-refractivity contribution in [3.05, 3.63) is 64.3 Å². The van der Waals surface area contributed by atoms with Gasteiger partial charge >= 0.3 is 6.43 Å². The van der Waals surface area contributed by atoms with Crippen LogP contribution in [0.2, 0.25) is 0 Å². The quantitative estimate of drug-likeness (QED) is 0.383. The zero-order valence-electron chi connectivity index (χ0n) is 17.7. The second-order valence-corrected chi connectivity index (χ2v) is 8.20. The molecule has 1 aromatic carbocycles. The maximum absolute atomic E-state index is 15.3. The molecule has 0 amide bonds. The van der Waals surface area contributed by atoms with E-state index < -0.39 is 12.3 Å². The SMILES string of the molecule is Fc1c(-c2nn(Cc3ccc(-c4nnc(C(F)F)o4)cn3)c(=S)o2)cccc1C1CCNCC1. The molecule has 4 heterocycles. The minimum atomic E-state index is -2.85. The Labute approximate surface area is 196 Å². The fraction of sp³-hybridized carbons (Fsp3) is 0.318. The van der Waals surface area contributed by atoms with E-state index in [2.05, 4.69) is 25.6 Å². The summed E-state index contributed by atoms with van der Waals surface area (Å²) in [6.45, 7) is 1.88. The number of pyridine rings is 1. The third kappa shape index (κ3) is 4.50. The molecule has 5 rings (SSSR count). The summed E-state index contributed by atoms with van der Waals surface area (Å²) in [5.41, 5.74) is 1.87. The number of nitrogens with zero attached hydrogens (tertiary/aromatic N) is 5. The number of nitrogens with one attached hydrogen (secondary N) is 1. The molecule has 0 saturated carbocycles. The first kappa shape index (κ1) is 22.4. The molecule has 0 aliphatic carbocycles. The molecule has 3 aromatic heterocycles. The highest BCUT2D eigenvalue weighted by atomic mass is 32.1. The van der Waals surface area contributed by atoms with Crippen molar-refractivity contribution in [3.63, 3.8) is 0 Å². The number of piperidine rings is 1. The molecule has 4 aromatic rings. The van der Waals surface area contributed by atoms with Crippen LogP contribution in [0.5, 0.6) is 0 Å². The summed E-state index contributed by atoms with van der Waals surface area (Å²) in [7, 11) is 0. The molecule has 1 N–H and O–H groups in total. The van der Waals surface area contributed by atoms with Crippen LogP contribution in [0.25, 0.3) is 22.9 Å². The van der Waals surface area contributed by atoms with Gasteiger partial charge in [0.25, 0.3) is 10.7 Å². The van der Waals surface area contributed by atoms with Gasteiger partial charge < -0.3 is 14.2 Å². The average Bonchev–Trinajstić information content (AvgIpc) is 3.48. The van der Waals surface area contributed by atoms with Gasteiger partial charge in [0.2, 0.25) is 11.8 Å². The van der Waals surface area contributed by atoms with E-state index in [-0.39, 0.29) is 40.5 Å². The first-order valence-electron chi connectivity index (χ1n) is 10.6. The van der Waals surface area contributed by atoms with Crippen molar-refractivity contribution < 1.29 is 22.0 Å². The molecule has 8 nitrogen and oxygen atoms in total. The van der Waals surface area contributed by atoms with Gasteiger partial charge in [-0.3, -0.25) is 4.98 Å². The van der Waals surface area contributed by atoms with E-state index in [0.717, 1.165) is 25.9 Å². The molecule has 0 unspecified atom stereocenters. The Morgan fingerprint density at radius 1 is 1.09 bits per heavy atom. The molecule has 0 atom stereocenters. The van der Waals surface area contributed by atoms with E-state index in [1.54, 1.807) is 30.3 Å². The smallest absolute Gasteiger partial charge is 0.314 e. The zero-order chi connectivity index (χ0) is 23.7. The Morgan fingerprint density at radius 3 is 2.62 bits per heavy atom. The fourth-order valence-corrected chi connectivity index (χ4v) is 4.10. The summed E-state index contributed by atoms with van der Waals surface area (Å²) >= 11 is 5.27. The Kier molecular flexibility index (Phi) is 6.24. The van der Waals surface area contributed by atoms with Gasteiger partial charge in [0.1, 0.15) is 5.82 Å². The Hall–Kier alpha value is -3.38. The second kappa shape index (κ2) is 9.47. The summed E-state index contributed by atoms with van der Waals surface area (Å²) in [5.74, 6) is -0.913. The lowest BCUT2D eigenvalue weighted by molar-refractivity contribution is 0.116. The fourth-order valence-electron chi connectivity index (χ4n) is 3.92. The van der Waals surface area contributed by atoms with Crippen molar-refractivity contribution in [1.29, 1.82) is 0 Å². The van der Waals surface area contributed by atoms with Gasteiger partial charge in [-0.05, 0) is 67.8 Å². The molecule has 1 fully saturated rings. The minimum absolute atomic E-state index is 0.0567. The zero-order valence-corrected chi connectivity index (χ0v) is 18.6. The second-order valence-electron chi connectivity index (χ2n) is 7.85. The largest absolute Gasteiger partial charge is 0.415 e. The molecule has 12 heteroatoms. The first-order valence-corrected chi connectivity index (χ1v) is 11.0. The highest BCUT2D eigenvalue weighted by Crippen LogP contribution is 2.32. The molecule has 1 aliphatic heterocycles. The van der Waals surface area contributed by atoms with Crippen LogP contribution in [0, 0.1) is 10.7 Å². The van der Waals surface area contributed by atoms with Crippen LogP contribution in [0.4, 0.5) is 13.2 Å². The maximum atomic E-state index is 15.3. The molecular formula is C22H19F3N6O2S. The predicted molar refractivity (Wildman–Crippen MR) is 117 cm³/mol. The number of aromatic nitrogens is 5. The van der Waals surface area contributed by atoms with Crippen molar-refractivity contribution in [2.75, 3.05) is 13.1 Å². The van der Waals surface area contributed by atoms with Crippen LogP contribution in [0.3, 0.4) is 0 Å². The van der Waals surface area contributed by atoms with Crippen LogP contribution in [-0.4, -0.2) is 38.1 Å². The molecule has 176 valence electrons. The molecular weight excluding hydrogens is 469 g/mol. The highest BCUT2D eigenvalue weighted by molar-refractivity contribution is 7.71. The lowest BCUT2D eigenvalue weighted by Gasteiger charge is -2.23. The summed E-state index contributed by atoms with van der Waals surface area (Å²) in [6.07, 6.45) is 0.312. The van der Waals surface area contributed by atoms with Gasteiger partial charge in [-0.2, -0.15) is 8.78 Å². The van der Waals surface area contributed by atoms with E-state index in [1.165, 1.54) is 10.9 Å². The number of benzene rings is 1. The van der Waals surface area contributed by atoms with Gasteiger partial charge in [-0.15, -0.1) is 15.3 Å². The van der Waals surface area contributed by atoms with E-state index in [9.17, 15) is 8.78 Å². The van der Waals surface area contributed by atoms with Crippen molar-refractivity contribution in [2.45, 2.75) is 31.7 Å². The van der Waals surface area contributed by atoms with E-state index >= 15 is 4.39 Å². The highest BCUT2D eigenvalue weighted by Gasteiger charge is 2.23. The van der Waals surface area contributed by atoms with E-state index in [4.69, 9.17) is 21.1 Å². The molecule has 1 saturated heterocycles. The Bertz CT molecular complexity index is 1350. The Morgan fingerprint density at radius 2 is 1.91 bits per heavy atom. The molecule has 0 radical (unpaired) electrons. The third-order valence-corrected chi connectivity index (χ3v) is 5.95. The predicted octanol–water partition coefficient (Wildman–Crippen LogP) is 4.91. The first-order chi connectivity index (χ1) is 16.5. The van der Waals surface area contributed by atoms with Crippen molar-refractivity contribution in [1.82, 2.24) is 30.3 Å². The van der Waals surface area contributed by atoms with E-state index in [1.807, 2.05) is 0 Å². The van der Waals surface area contributed by atoms with Gasteiger partial charge in [0.05, 0.1) is 23.4 Å². The Balaban J connectivity index is 1.36. The lowest BCUT2D eigenvalue weighted by atomic mass is 9.89. The summed E-state index contributed by atoms with van der Waals surface area (Å²) < 4.78 is 52.5. The van der Waals surface area contributed by atoms with Gasteiger partial charge in [0, 0.05) is 6.20 Å². The van der Waals surface area contributed by atoms with E-state index in [0.29, 0.717) is 16.8 Å². The number of halogens is 3. The normalized spacial score (nSPS) is 14.7. The van der Waals surface area contributed by atoms with Crippen LogP contribution < -0.4 is 5.32 Å². The van der Waals surface area contributed by atoms with Crippen molar-refractivity contribution >= 4 is 12.2 Å². The maximum Gasteiger partial charge on any atom is 0.314 e. The topological polar surface area (TPSA) is 94.8 Å². The number of hydrogen-bond acceptors (Lipinski definition) is 8. The van der Waals surface area contributed by atoms with Crippen molar-refractivity contribution in [3.8, 4) is 22.9 Å². The van der Waals surface area contributed by atoms with Crippen LogP contribution in [0.1, 0.15) is 42.3 Å². The van der Waals surface area contributed by atoms with Gasteiger partial charge in [-0.25, -0.2) is 9.07 Å². The van der Waals surface area contributed by atoms with Gasteiger partial charge in [-0.1, -0.05) is 12.1 Å². The molecule has 34 heavy (non-hydrogen) atoms. The number of alkyl halides is 2. The monoisotopic (exact) mass is 488 g/mol. The van der Waals surface area contributed by atoms with Gasteiger partial charge in [0.15, 0.2) is 0 Å². The number of rotatable bonds is 6. The van der Waals surface area contributed by atoms with Crippen LogP contribution in [-0.2, 0) is 6.54 Å². The summed E-state index contributed by atoms with van der Waals surface area (Å²) in [4.78, 5) is 4.35. The van der Waals surface area contributed by atoms with Crippen LogP contribution >= 0.6 is 12.2 Å². The average molecular weight is 488 g/mol. The summed E-state index contributed by atoms with van der Waals surface area (Å²) in [5, 5.41) is 14.5. The minimum Gasteiger partial charge on any atom is -0.415 e. The molecule has 1 aliphatic rings.